The summed E-state index contributed by atoms with van der Waals surface area (Å²) >= 11 is 33.2. The summed E-state index contributed by atoms with van der Waals surface area (Å²) in [7, 11) is 16.5. The van der Waals surface area contributed by atoms with Crippen molar-refractivity contribution < 1.29 is 26.9 Å². The van der Waals surface area contributed by atoms with Crippen LogP contribution in [0.1, 0.15) is 27.7 Å². The van der Waals surface area contributed by atoms with Crippen LogP contribution in [0.5, 0.6) is 0 Å². The van der Waals surface area contributed by atoms with Gasteiger partial charge in [0, 0.05) is 189 Å². The lowest BCUT2D eigenvalue weighted by Gasteiger charge is -2.32. The average Bonchev–Trinajstić information content (AvgIpc) is 4.01. The molecule has 0 atom stereocenters. The number of halogens is 5. The summed E-state index contributed by atoms with van der Waals surface area (Å²) in [6.07, 6.45) is 0. The Kier molecular flexibility index (Phi) is 31.1. The molecular weight excluding hydrogens is 1250 g/mol. The first-order valence-electron chi connectivity index (χ1n) is 16.2. The molecule has 6 aromatic rings. The molecule has 0 bridgehead atoms. The highest BCUT2D eigenvalue weighted by molar-refractivity contribution is 9.10. The first-order chi connectivity index (χ1) is 29.6. The summed E-state index contributed by atoms with van der Waals surface area (Å²) in [4.78, 5) is 0. The van der Waals surface area contributed by atoms with Crippen molar-refractivity contribution in [2.75, 3.05) is 0 Å². The molecular formula is C34H28BBrF4O2S20. The van der Waals surface area contributed by atoms with Gasteiger partial charge in [-0.1, -0.05) is 46.3 Å². The van der Waals surface area contributed by atoms with Gasteiger partial charge in [-0.3, -0.25) is 0 Å². The van der Waals surface area contributed by atoms with Gasteiger partial charge in [0.15, 0.2) is 0 Å². The predicted octanol–water partition coefficient (Wildman–Crippen LogP) is 10.7. The van der Waals surface area contributed by atoms with Gasteiger partial charge in [0.25, 0.3) is 0 Å². The summed E-state index contributed by atoms with van der Waals surface area (Å²) in [6, 6.07) is 22.7. The fourth-order valence-electron chi connectivity index (χ4n) is 4.57. The third-order valence-corrected chi connectivity index (χ3v) is 30.4. The second-order valence-corrected chi connectivity index (χ2v) is 35.8. The Morgan fingerprint density at radius 1 is 0.500 bits per heavy atom. The first kappa shape index (κ1) is 59.1. The second kappa shape index (κ2) is 32.7. The molecule has 4 aromatic carbocycles. The van der Waals surface area contributed by atoms with Crippen molar-refractivity contribution in [3.8, 4) is 11.1 Å². The van der Waals surface area contributed by atoms with Crippen molar-refractivity contribution in [1.29, 1.82) is 0 Å². The lowest BCUT2D eigenvalue weighted by molar-refractivity contribution is 0.00578. The van der Waals surface area contributed by atoms with E-state index in [9.17, 15) is 17.6 Å². The number of hydrogen-bond acceptors (Lipinski definition) is 10. The maximum Gasteiger partial charge on any atom is 0.494 e. The van der Waals surface area contributed by atoms with Crippen molar-refractivity contribution in [3.63, 3.8) is 0 Å². The van der Waals surface area contributed by atoms with E-state index in [-0.39, 0.29) is 34.5 Å². The molecule has 1 saturated heterocycles. The third-order valence-electron chi connectivity index (χ3n) is 7.88. The van der Waals surface area contributed by atoms with E-state index < -0.39 is 7.12 Å². The molecule has 0 saturated carbocycles. The molecule has 7 rings (SSSR count). The van der Waals surface area contributed by atoms with Gasteiger partial charge in [-0.25, -0.2) is 17.6 Å². The molecule has 1 aliphatic heterocycles. The molecule has 1 fully saturated rings. The van der Waals surface area contributed by atoms with E-state index in [2.05, 4.69) is 83.1 Å². The van der Waals surface area contributed by atoms with Crippen LogP contribution in [0.15, 0.2) is 100 Å². The molecule has 28 heteroatoms. The van der Waals surface area contributed by atoms with Crippen molar-refractivity contribution >= 4 is 245 Å². The number of benzene rings is 4. The highest BCUT2D eigenvalue weighted by atomic mass is 79.9. The Morgan fingerprint density at radius 3 is 1.34 bits per heavy atom. The van der Waals surface area contributed by atoms with Gasteiger partial charge in [0.1, 0.15) is 23.3 Å². The quantitative estimate of drug-likeness (QED) is 0.125. The van der Waals surface area contributed by atoms with Crippen LogP contribution in [0.4, 0.5) is 17.6 Å². The summed E-state index contributed by atoms with van der Waals surface area (Å²) < 4.78 is 66.2. The Balaban J connectivity index is 0.000000272. The lowest BCUT2D eigenvalue weighted by Crippen LogP contribution is -2.41. The van der Waals surface area contributed by atoms with E-state index in [1.807, 2.05) is 50.6 Å². The largest absolute Gasteiger partial charge is 0.494 e. The lowest BCUT2D eigenvalue weighted by atomic mass is 9.79. The van der Waals surface area contributed by atoms with Crippen molar-refractivity contribution in [2.45, 2.75) is 38.9 Å². The molecule has 0 aliphatic carbocycles. The van der Waals surface area contributed by atoms with Crippen LogP contribution in [0.2, 0.25) is 0 Å². The number of hydrogen-bond donors (Lipinski definition) is 0. The first-order valence-corrected chi connectivity index (χ1v) is 38.8. The van der Waals surface area contributed by atoms with E-state index in [0.717, 1.165) is 36.5 Å². The Hall–Kier alpha value is 0.945. The van der Waals surface area contributed by atoms with Gasteiger partial charge in [-0.05, 0) is 110 Å². The highest BCUT2D eigenvalue weighted by Crippen LogP contribution is 2.37. The maximum absolute atomic E-state index is 13.5. The molecule has 334 valence electrons. The molecule has 2 aromatic heterocycles. The van der Waals surface area contributed by atoms with Crippen LogP contribution in [0, 0.1) is 23.3 Å². The Morgan fingerprint density at radius 2 is 0.903 bits per heavy atom. The molecule has 0 unspecified atom stereocenters. The molecule has 62 heavy (non-hydrogen) atoms. The fraction of sp³-hybridized carbons (Fsp3) is 0.176. The van der Waals surface area contributed by atoms with Crippen LogP contribution < -0.4 is 5.46 Å². The maximum atomic E-state index is 13.5. The van der Waals surface area contributed by atoms with Crippen LogP contribution in [0.25, 0.3) is 31.3 Å². The minimum absolute atomic E-state index is 0.141. The monoisotopic (exact) mass is 1270 g/mol. The topological polar surface area (TPSA) is 18.5 Å². The van der Waals surface area contributed by atoms with Gasteiger partial charge >= 0.3 is 7.12 Å². The smallest absolute Gasteiger partial charge is 0.399 e. The van der Waals surface area contributed by atoms with Crippen LogP contribution >= 0.6 is 38.6 Å². The van der Waals surface area contributed by atoms with E-state index >= 15 is 0 Å². The van der Waals surface area contributed by atoms with E-state index in [1.165, 1.54) is 139 Å². The second-order valence-electron chi connectivity index (χ2n) is 11.9. The number of rotatable bonds is 2. The Bertz CT molecular complexity index is 2840. The minimum Gasteiger partial charge on any atom is -0.399 e. The van der Waals surface area contributed by atoms with Crippen molar-refractivity contribution in [3.05, 3.63) is 123 Å². The summed E-state index contributed by atoms with van der Waals surface area (Å²) in [6.45, 7) is 7.99. The molecule has 0 radical (unpaired) electrons. The molecule has 3 heterocycles. The third kappa shape index (κ3) is 20.7. The van der Waals surface area contributed by atoms with E-state index in [1.54, 1.807) is 63.0 Å². The van der Waals surface area contributed by atoms with Crippen molar-refractivity contribution in [1.82, 2.24) is 0 Å². The predicted molar refractivity (Wildman–Crippen MR) is 311 cm³/mol. The highest BCUT2D eigenvalue weighted by Gasteiger charge is 2.51. The number of fused-ring (bicyclic) bond motifs is 2. The zero-order chi connectivity index (χ0) is 46.1. The zero-order valence-corrected chi connectivity index (χ0v) is 49.6. The summed E-state index contributed by atoms with van der Waals surface area (Å²) in [5.41, 5.74) is 1.97. The van der Waals surface area contributed by atoms with Crippen LogP contribution in [-0.2, 0) is 183 Å². The van der Waals surface area contributed by atoms with Crippen molar-refractivity contribution in [2.24, 2.45) is 0 Å². The minimum atomic E-state index is -0.411. The number of thiophene rings is 2. The average molecular weight is 1280 g/mol. The molecule has 0 spiro atoms. The Labute approximate surface area is 438 Å². The zero-order valence-electron chi connectivity index (χ0n) is 31.7. The normalized spacial score (nSPS) is 12.4. The molecule has 1 aliphatic rings. The molecule has 0 amide bonds. The van der Waals surface area contributed by atoms with E-state index in [0.29, 0.717) is 4.70 Å². The van der Waals surface area contributed by atoms with Gasteiger partial charge in [-0.2, -0.15) is 0 Å². The SMILES string of the molecule is CC1(C)OB(c2ccc(F)cc2)OC1(C)C.Fc1ccc(-c2ccc(F)c3sccc23)cc1.Fc1ccc(Br)c2ccsc12.S=S=S=S=S.S=S=S=S=S=S.S=S=S=S=S=S=S. The van der Waals surface area contributed by atoms with Crippen LogP contribution in [-0.4, -0.2) is 18.3 Å². The van der Waals surface area contributed by atoms with Gasteiger partial charge in [0.05, 0.1) is 20.6 Å². The summed E-state index contributed by atoms with van der Waals surface area (Å²) in [5, 5.41) is 5.58. The van der Waals surface area contributed by atoms with Gasteiger partial charge < -0.3 is 9.31 Å². The molecule has 2 nitrogen and oxygen atoms in total. The van der Waals surface area contributed by atoms with Gasteiger partial charge in [-0.15, -0.1) is 22.7 Å². The summed E-state index contributed by atoms with van der Waals surface area (Å²) in [5.74, 6) is -0.864. The van der Waals surface area contributed by atoms with E-state index in [4.69, 9.17) is 9.31 Å². The molecule has 0 N–H and O–H groups in total. The van der Waals surface area contributed by atoms with Crippen LogP contribution in [0.3, 0.4) is 0 Å². The fourth-order valence-corrected chi connectivity index (χ4v) is 23.3. The standard InChI is InChI=1S/C14H8F2S.C12H16BFO2.C8H4BrFS.S7.S6.S5/c15-10-3-1-9(2-4-10)11-5-6-13(16)14-12(11)7-8-17-14;1-11(2)12(3,4)16-13(15-11)9-5-7-10(14)8-6-9;9-6-1-2-7(10)8-5(6)3-4-11-8;1-3-5-7-6-4-2;1-3-5-6-4-2;1-3-5-4-2/h1-8H;5-8H,1-4H3;1-4H;;;. The van der Waals surface area contributed by atoms with Gasteiger partial charge in [0.2, 0.25) is 0 Å².